The molecule has 0 bridgehead atoms. The summed E-state index contributed by atoms with van der Waals surface area (Å²) >= 11 is 0. The Hall–Kier alpha value is -3.93. The largest absolute Gasteiger partial charge is 0.462 e. The average Bonchev–Trinajstić information content (AvgIpc) is 3.40. The lowest BCUT2D eigenvalue weighted by atomic mass is 10.1. The van der Waals surface area contributed by atoms with Gasteiger partial charge in [0, 0.05) is 19.3 Å². The first-order valence-electron chi connectivity index (χ1n) is 30.9. The lowest BCUT2D eigenvalue weighted by molar-refractivity contribution is -0.167. The van der Waals surface area contributed by atoms with E-state index in [2.05, 4.69) is 130 Å². The summed E-state index contributed by atoms with van der Waals surface area (Å²) in [6, 6.07) is 0. The molecule has 0 rings (SSSR count). The van der Waals surface area contributed by atoms with Gasteiger partial charge in [0.15, 0.2) is 6.10 Å². The predicted molar refractivity (Wildman–Crippen MR) is 320 cm³/mol. The molecular weight excluding hydrogens is 913 g/mol. The van der Waals surface area contributed by atoms with Gasteiger partial charge in [0.25, 0.3) is 0 Å². The van der Waals surface area contributed by atoms with Gasteiger partial charge in [-0.05, 0) is 122 Å². The summed E-state index contributed by atoms with van der Waals surface area (Å²) in [7, 11) is 0. The van der Waals surface area contributed by atoms with Crippen molar-refractivity contribution in [1.29, 1.82) is 0 Å². The van der Waals surface area contributed by atoms with Crippen LogP contribution in [0.5, 0.6) is 0 Å². The monoisotopic (exact) mass is 1030 g/mol. The highest BCUT2D eigenvalue weighted by atomic mass is 16.6. The molecule has 422 valence electrons. The Labute approximate surface area is 457 Å². The number of rotatable bonds is 55. The summed E-state index contributed by atoms with van der Waals surface area (Å²) in [5.41, 5.74) is 0. The van der Waals surface area contributed by atoms with Crippen LogP contribution in [-0.4, -0.2) is 37.2 Å². The van der Waals surface area contributed by atoms with Crippen LogP contribution < -0.4 is 0 Å². The van der Waals surface area contributed by atoms with Crippen molar-refractivity contribution in [3.63, 3.8) is 0 Å². The quantitative estimate of drug-likeness (QED) is 0.0261. The molecule has 0 N–H and O–H groups in total. The van der Waals surface area contributed by atoms with E-state index in [1.165, 1.54) is 141 Å². The predicted octanol–water partition coefficient (Wildman–Crippen LogP) is 21.0. The Kier molecular flexibility index (Phi) is 58.3. The van der Waals surface area contributed by atoms with Crippen LogP contribution in [0.2, 0.25) is 0 Å². The first-order valence-corrected chi connectivity index (χ1v) is 30.9. The molecule has 0 aromatic carbocycles. The van der Waals surface area contributed by atoms with E-state index in [0.29, 0.717) is 19.3 Å². The van der Waals surface area contributed by atoms with E-state index in [4.69, 9.17) is 14.2 Å². The molecule has 0 heterocycles. The van der Waals surface area contributed by atoms with Crippen molar-refractivity contribution in [1.82, 2.24) is 0 Å². The molecule has 0 saturated carbocycles. The van der Waals surface area contributed by atoms with Crippen LogP contribution in [0.1, 0.15) is 284 Å². The molecule has 6 nitrogen and oxygen atoms in total. The minimum absolute atomic E-state index is 0.102. The summed E-state index contributed by atoms with van der Waals surface area (Å²) < 4.78 is 16.9. The summed E-state index contributed by atoms with van der Waals surface area (Å²) in [4.78, 5) is 38.3. The first kappa shape index (κ1) is 70.1. The molecular formula is C68H114O6. The maximum absolute atomic E-state index is 12.9. The standard InChI is InChI=1S/C68H114O6/c1-4-7-10-13-16-19-22-25-28-31-33-34-35-38-40-43-46-49-52-55-58-61-67(70)73-64-65(63-72-66(69)60-57-54-51-48-45-42-39-36-30-27-24-21-18-15-12-9-6-3)74-68(71)62-59-56-53-50-47-44-41-37-32-29-26-23-20-17-14-11-8-5-2/h9,12,18,20-23,25,27,29-33,39,42,48,51,65H,4-8,10-11,13-17,19,24,26,28,34-38,40-41,43-47,49-50,52-64H2,1-3H3/b12-9-,21-18-,23-20-,25-22-,30-27-,32-29-,33-31-,42-39-,51-48-. The molecule has 1 atom stereocenters. The molecule has 0 aromatic rings. The Morgan fingerprint density at radius 3 is 0.892 bits per heavy atom. The summed E-state index contributed by atoms with van der Waals surface area (Å²) in [6.07, 6.45) is 83.7. The highest BCUT2D eigenvalue weighted by Crippen LogP contribution is 2.15. The zero-order chi connectivity index (χ0) is 53.6. The Morgan fingerprint density at radius 2 is 0.541 bits per heavy atom. The van der Waals surface area contributed by atoms with Crippen molar-refractivity contribution in [3.8, 4) is 0 Å². The normalized spacial score (nSPS) is 12.9. The number of ether oxygens (including phenoxy) is 3. The van der Waals surface area contributed by atoms with Crippen molar-refractivity contribution in [2.45, 2.75) is 290 Å². The summed E-state index contributed by atoms with van der Waals surface area (Å²) in [6.45, 7) is 6.46. The fourth-order valence-electron chi connectivity index (χ4n) is 8.36. The number of carbonyl (C=O) groups is 3. The maximum atomic E-state index is 12.9. The number of esters is 3. The molecule has 0 aliphatic heterocycles. The molecule has 0 aliphatic carbocycles. The maximum Gasteiger partial charge on any atom is 0.306 e. The molecule has 0 aromatic heterocycles. The van der Waals surface area contributed by atoms with Crippen LogP contribution in [0.3, 0.4) is 0 Å². The van der Waals surface area contributed by atoms with Gasteiger partial charge in [0.2, 0.25) is 0 Å². The molecule has 0 fully saturated rings. The van der Waals surface area contributed by atoms with Crippen LogP contribution in [0.15, 0.2) is 109 Å². The lowest BCUT2D eigenvalue weighted by Crippen LogP contribution is -2.30. The van der Waals surface area contributed by atoms with Gasteiger partial charge in [0.1, 0.15) is 13.2 Å². The average molecular weight is 1030 g/mol. The molecule has 6 heteroatoms. The van der Waals surface area contributed by atoms with Crippen LogP contribution in [0, 0.1) is 0 Å². The van der Waals surface area contributed by atoms with E-state index < -0.39 is 6.10 Å². The number of carbonyl (C=O) groups excluding carboxylic acids is 3. The van der Waals surface area contributed by atoms with Crippen molar-refractivity contribution in [3.05, 3.63) is 109 Å². The smallest absolute Gasteiger partial charge is 0.306 e. The molecule has 0 radical (unpaired) electrons. The second-order valence-electron chi connectivity index (χ2n) is 20.2. The topological polar surface area (TPSA) is 78.9 Å². The number of hydrogen-bond donors (Lipinski definition) is 0. The van der Waals surface area contributed by atoms with E-state index in [9.17, 15) is 14.4 Å². The third kappa shape index (κ3) is 59.0. The lowest BCUT2D eigenvalue weighted by Gasteiger charge is -2.18. The third-order valence-electron chi connectivity index (χ3n) is 13.0. The van der Waals surface area contributed by atoms with Crippen LogP contribution >= 0.6 is 0 Å². The van der Waals surface area contributed by atoms with Gasteiger partial charge >= 0.3 is 17.9 Å². The van der Waals surface area contributed by atoms with Gasteiger partial charge in [-0.2, -0.15) is 0 Å². The highest BCUT2D eigenvalue weighted by molar-refractivity contribution is 5.71. The van der Waals surface area contributed by atoms with Gasteiger partial charge in [-0.15, -0.1) is 0 Å². The Bertz CT molecular complexity index is 1510. The molecule has 0 saturated heterocycles. The number of hydrogen-bond acceptors (Lipinski definition) is 6. The fraction of sp³-hybridized carbons (Fsp3) is 0.691. The fourth-order valence-corrected chi connectivity index (χ4v) is 8.36. The van der Waals surface area contributed by atoms with E-state index in [0.717, 1.165) is 96.3 Å². The Morgan fingerprint density at radius 1 is 0.284 bits per heavy atom. The van der Waals surface area contributed by atoms with Crippen LogP contribution in [-0.2, 0) is 28.6 Å². The summed E-state index contributed by atoms with van der Waals surface area (Å²) in [5.74, 6) is -0.970. The van der Waals surface area contributed by atoms with Gasteiger partial charge in [-0.1, -0.05) is 252 Å². The number of unbranched alkanes of at least 4 members (excludes halogenated alkanes) is 26. The second-order valence-corrected chi connectivity index (χ2v) is 20.2. The first-order chi connectivity index (χ1) is 36.5. The Balaban J connectivity index is 4.47. The molecule has 74 heavy (non-hydrogen) atoms. The minimum atomic E-state index is -0.810. The van der Waals surface area contributed by atoms with Crippen molar-refractivity contribution in [2.75, 3.05) is 13.2 Å². The number of allylic oxidation sites excluding steroid dienone is 18. The highest BCUT2D eigenvalue weighted by Gasteiger charge is 2.19. The second kappa shape index (κ2) is 61.6. The molecule has 0 spiro atoms. The van der Waals surface area contributed by atoms with Gasteiger partial charge in [-0.25, -0.2) is 0 Å². The minimum Gasteiger partial charge on any atom is -0.462 e. The molecule has 0 amide bonds. The van der Waals surface area contributed by atoms with Crippen molar-refractivity contribution in [2.24, 2.45) is 0 Å². The van der Waals surface area contributed by atoms with Gasteiger partial charge < -0.3 is 14.2 Å². The van der Waals surface area contributed by atoms with Gasteiger partial charge in [0.05, 0.1) is 0 Å². The van der Waals surface area contributed by atoms with E-state index in [1.54, 1.807) is 0 Å². The summed E-state index contributed by atoms with van der Waals surface area (Å²) in [5, 5.41) is 0. The van der Waals surface area contributed by atoms with Crippen molar-refractivity contribution < 1.29 is 28.6 Å². The molecule has 0 aliphatic rings. The van der Waals surface area contributed by atoms with Crippen LogP contribution in [0.4, 0.5) is 0 Å². The van der Waals surface area contributed by atoms with E-state index in [1.807, 2.05) is 0 Å². The van der Waals surface area contributed by atoms with Crippen molar-refractivity contribution >= 4 is 17.9 Å². The van der Waals surface area contributed by atoms with Gasteiger partial charge in [-0.3, -0.25) is 14.4 Å². The molecule has 1 unspecified atom stereocenters. The SMILES string of the molecule is CC/C=C\C/C=C\C/C=C\C/C=C\C/C=C\CCCC(=O)OCC(COC(=O)CCCCCCCCCCC/C=C\C/C=C\CCCCCCC)OC(=O)CCCCCCCCC/C=C\C/C=C\CCCCCC. The van der Waals surface area contributed by atoms with E-state index >= 15 is 0 Å². The van der Waals surface area contributed by atoms with E-state index in [-0.39, 0.29) is 37.5 Å². The zero-order valence-electron chi connectivity index (χ0n) is 48.3. The third-order valence-corrected chi connectivity index (χ3v) is 13.0. The zero-order valence-corrected chi connectivity index (χ0v) is 48.3. The van der Waals surface area contributed by atoms with Crippen LogP contribution in [0.25, 0.3) is 0 Å².